The molecule has 0 bridgehead atoms. The zero-order valence-corrected chi connectivity index (χ0v) is 23.1. The van der Waals surface area contributed by atoms with E-state index in [4.69, 9.17) is 5.73 Å². The summed E-state index contributed by atoms with van der Waals surface area (Å²) in [6.07, 6.45) is -3.28. The molecule has 3 heterocycles. The summed E-state index contributed by atoms with van der Waals surface area (Å²) in [6.45, 7) is 1.86. The number of hydrogen-bond donors (Lipinski definition) is 2. The number of alkyl halides is 3. The summed E-state index contributed by atoms with van der Waals surface area (Å²) in [4.78, 5) is 28.8. The van der Waals surface area contributed by atoms with Crippen LogP contribution in [0.5, 0.6) is 0 Å². The summed E-state index contributed by atoms with van der Waals surface area (Å²) in [5.74, 6) is -0.547. The van der Waals surface area contributed by atoms with Crippen molar-refractivity contribution in [2.24, 2.45) is 5.73 Å². The first-order chi connectivity index (χ1) is 19.5. The van der Waals surface area contributed by atoms with Crippen LogP contribution in [0.25, 0.3) is 0 Å². The van der Waals surface area contributed by atoms with E-state index in [1.54, 1.807) is 18.2 Å². The number of nitrogens with zero attached hydrogens (tertiary/aromatic N) is 4. The van der Waals surface area contributed by atoms with Gasteiger partial charge in [-0.1, -0.05) is 59.0 Å². The first kappa shape index (κ1) is 27.0. The molecule has 41 heavy (non-hydrogen) atoms. The van der Waals surface area contributed by atoms with E-state index in [1.807, 2.05) is 13.0 Å². The van der Waals surface area contributed by atoms with Crippen molar-refractivity contribution >= 4 is 45.6 Å². The number of nitrogens with one attached hydrogen (secondary N) is 1. The molecule has 8 nitrogen and oxygen atoms in total. The number of hydrogen-bond acceptors (Lipinski definition) is 9. The van der Waals surface area contributed by atoms with Gasteiger partial charge < -0.3 is 11.1 Å². The van der Waals surface area contributed by atoms with Gasteiger partial charge in [0.25, 0.3) is 0 Å². The molecule has 6 rings (SSSR count). The van der Waals surface area contributed by atoms with E-state index in [9.17, 15) is 28.0 Å². The highest BCUT2D eigenvalue weighted by Crippen LogP contribution is 2.55. The maximum atomic E-state index is 13.7. The maximum absolute atomic E-state index is 13.7. The van der Waals surface area contributed by atoms with Gasteiger partial charge in [-0.2, -0.15) is 18.4 Å². The average molecular weight is 595 g/mol. The summed E-state index contributed by atoms with van der Waals surface area (Å²) in [5, 5.41) is 22.0. The predicted molar refractivity (Wildman–Crippen MR) is 148 cm³/mol. The number of nitriles is 1. The third-order valence-electron chi connectivity index (χ3n) is 7.39. The van der Waals surface area contributed by atoms with Gasteiger partial charge in [-0.25, -0.2) is 0 Å². The number of allylic oxidation sites excluding steroid dienone is 1. The van der Waals surface area contributed by atoms with Crippen molar-refractivity contribution in [2.75, 3.05) is 10.2 Å². The van der Waals surface area contributed by atoms with Gasteiger partial charge in [-0.15, -0.1) is 10.2 Å². The van der Waals surface area contributed by atoms with Gasteiger partial charge in [0.05, 0.1) is 11.1 Å². The van der Waals surface area contributed by atoms with E-state index in [0.29, 0.717) is 44.8 Å². The lowest BCUT2D eigenvalue weighted by atomic mass is 9.64. The van der Waals surface area contributed by atoms with E-state index in [-0.39, 0.29) is 34.9 Å². The smallest absolute Gasteiger partial charge is 0.384 e. The summed E-state index contributed by atoms with van der Waals surface area (Å²) in [7, 11) is 0. The molecule has 0 unspecified atom stereocenters. The SMILES string of the molecule is Cc1ccc2c(c1)[C@@]1(C(=O)N2)C(C#N)=C(N)N(c2nnc(SCc3cccc(C(F)(F)F)c3)s2)C2=C1C(=O)CCC2. The Morgan fingerprint density at radius 1 is 1.20 bits per heavy atom. The monoisotopic (exact) mass is 594 g/mol. The molecule has 208 valence electrons. The Hall–Kier alpha value is -4.15. The second kappa shape index (κ2) is 9.74. The standard InChI is InChI=1S/C28H21F3N6O2S2/c1-14-8-9-19-17(10-14)27(24(39)34-19)18(12-32)23(33)37(20-6-3-7-21(38)22(20)27)25-35-36-26(41-25)40-13-15-4-2-5-16(11-15)28(29,30)31/h2,4-5,8-11H,3,6-7,13,33H2,1H3,(H,34,39)/t27-/m1/s1. The number of halogens is 3. The Labute approximate surface area is 240 Å². The van der Waals surface area contributed by atoms with Crippen molar-refractivity contribution in [3.8, 4) is 6.07 Å². The van der Waals surface area contributed by atoms with Gasteiger partial charge in [0.2, 0.25) is 11.0 Å². The van der Waals surface area contributed by atoms with Crippen LogP contribution in [0, 0.1) is 18.3 Å². The number of anilines is 2. The molecule has 1 aromatic heterocycles. The predicted octanol–water partition coefficient (Wildman–Crippen LogP) is 5.57. The highest BCUT2D eigenvalue weighted by Gasteiger charge is 2.60. The molecule has 0 saturated heterocycles. The first-order valence-corrected chi connectivity index (χ1v) is 14.4. The second-order valence-electron chi connectivity index (χ2n) is 9.90. The van der Waals surface area contributed by atoms with Crippen molar-refractivity contribution in [3.63, 3.8) is 0 Å². The maximum Gasteiger partial charge on any atom is 0.416 e. The molecular weight excluding hydrogens is 573 g/mol. The summed E-state index contributed by atoms with van der Waals surface area (Å²) < 4.78 is 39.8. The molecule has 0 fully saturated rings. The molecule has 3 aliphatic rings. The summed E-state index contributed by atoms with van der Waals surface area (Å²) >= 11 is 2.35. The Morgan fingerprint density at radius 3 is 2.76 bits per heavy atom. The molecule has 13 heteroatoms. The molecule has 0 radical (unpaired) electrons. The zero-order valence-electron chi connectivity index (χ0n) is 21.5. The molecule has 1 atom stereocenters. The molecule has 1 aliphatic carbocycles. The quantitative estimate of drug-likeness (QED) is 0.376. The number of ketones is 1. The molecule has 1 spiro atoms. The normalized spacial score (nSPS) is 20.3. The number of thioether (sulfide) groups is 1. The van der Waals surface area contributed by atoms with Crippen LogP contribution in [0.4, 0.5) is 24.0 Å². The van der Waals surface area contributed by atoms with E-state index in [2.05, 4.69) is 21.6 Å². The van der Waals surface area contributed by atoms with Gasteiger partial charge in [0, 0.05) is 34.7 Å². The lowest BCUT2D eigenvalue weighted by Gasteiger charge is -2.42. The third kappa shape index (κ3) is 4.20. The fourth-order valence-corrected chi connectivity index (χ4v) is 7.48. The van der Waals surface area contributed by atoms with Gasteiger partial charge in [-0.3, -0.25) is 14.5 Å². The van der Waals surface area contributed by atoms with Crippen molar-refractivity contribution in [1.82, 2.24) is 10.2 Å². The molecule has 3 aromatic rings. The van der Waals surface area contributed by atoms with Crippen molar-refractivity contribution in [2.45, 2.75) is 47.9 Å². The number of amides is 1. The Bertz CT molecular complexity index is 1740. The fourth-order valence-electron chi connectivity index (χ4n) is 5.66. The van der Waals surface area contributed by atoms with E-state index in [1.165, 1.54) is 22.7 Å². The number of carbonyl (C=O) groups excluding carboxylic acids is 2. The molecule has 1 amide bonds. The van der Waals surface area contributed by atoms with Crippen molar-refractivity contribution < 1.29 is 22.8 Å². The van der Waals surface area contributed by atoms with Crippen LogP contribution in [0.3, 0.4) is 0 Å². The van der Waals surface area contributed by atoms with E-state index < -0.39 is 23.1 Å². The fraction of sp³-hybridized carbons (Fsp3) is 0.250. The van der Waals surface area contributed by atoms with Gasteiger partial charge in [0.1, 0.15) is 17.3 Å². The molecule has 2 aromatic carbocycles. The number of rotatable bonds is 4. The van der Waals surface area contributed by atoms with E-state index >= 15 is 0 Å². The van der Waals surface area contributed by atoms with Gasteiger partial charge in [0.15, 0.2) is 10.1 Å². The second-order valence-corrected chi connectivity index (χ2v) is 12.1. The topological polar surface area (TPSA) is 125 Å². The van der Waals surface area contributed by atoms with E-state index in [0.717, 1.165) is 29.0 Å². The number of fused-ring (bicyclic) bond motifs is 3. The van der Waals surface area contributed by atoms with Crippen LogP contribution in [0.15, 0.2) is 69.5 Å². The van der Waals surface area contributed by atoms with Crippen LogP contribution in [-0.4, -0.2) is 21.9 Å². The third-order valence-corrected chi connectivity index (χ3v) is 9.50. The van der Waals surface area contributed by atoms with Gasteiger partial charge in [-0.05, 0) is 37.5 Å². The van der Waals surface area contributed by atoms with Crippen molar-refractivity contribution in [3.05, 3.63) is 87.4 Å². The van der Waals surface area contributed by atoms with Crippen LogP contribution in [0.1, 0.15) is 41.5 Å². The van der Waals surface area contributed by atoms with Gasteiger partial charge >= 0.3 is 6.18 Å². The molecule has 3 N–H and O–H groups in total. The minimum atomic E-state index is -4.44. The highest BCUT2D eigenvalue weighted by atomic mass is 32.2. The number of aromatic nitrogens is 2. The average Bonchev–Trinajstić information content (AvgIpc) is 3.50. The zero-order chi connectivity index (χ0) is 29.1. The summed E-state index contributed by atoms with van der Waals surface area (Å²) in [5.41, 5.74) is 7.24. The largest absolute Gasteiger partial charge is 0.416 e. The summed E-state index contributed by atoms with van der Waals surface area (Å²) in [6, 6.07) is 12.6. The van der Waals surface area contributed by atoms with Crippen LogP contribution in [-0.2, 0) is 26.9 Å². The highest BCUT2D eigenvalue weighted by molar-refractivity contribution is 8.00. The number of aryl methyl sites for hydroxylation is 1. The Balaban J connectivity index is 1.41. The number of nitrogens with two attached hydrogens (primary N) is 1. The van der Waals surface area contributed by atoms with Crippen LogP contribution >= 0.6 is 23.1 Å². The molecule has 0 saturated carbocycles. The lowest BCUT2D eigenvalue weighted by molar-refractivity contribution is -0.137. The number of benzene rings is 2. The Kier molecular flexibility index (Phi) is 6.43. The number of carbonyl (C=O) groups is 2. The number of Topliss-reactive ketones (excluding diaryl/α,β-unsaturated/α-hetero) is 1. The molecule has 2 aliphatic heterocycles. The van der Waals surface area contributed by atoms with Crippen LogP contribution < -0.4 is 16.0 Å². The first-order valence-electron chi connectivity index (χ1n) is 12.6. The van der Waals surface area contributed by atoms with Crippen LogP contribution in [0.2, 0.25) is 0 Å². The van der Waals surface area contributed by atoms with Crippen molar-refractivity contribution in [1.29, 1.82) is 5.26 Å². The Morgan fingerprint density at radius 2 is 2.00 bits per heavy atom. The minimum absolute atomic E-state index is 0.0176. The minimum Gasteiger partial charge on any atom is -0.384 e. The molecular formula is C28H21F3N6O2S2. The lowest BCUT2D eigenvalue weighted by Crippen LogP contribution is -2.50.